The Bertz CT molecular complexity index is 794. The Hall–Kier alpha value is -2.69. The zero-order chi connectivity index (χ0) is 18.6. The van der Waals surface area contributed by atoms with Crippen LogP contribution in [0.15, 0.2) is 53.5 Å². The summed E-state index contributed by atoms with van der Waals surface area (Å²) in [5, 5.41) is 3.59. The van der Waals surface area contributed by atoms with E-state index >= 15 is 0 Å². The topological polar surface area (TPSA) is 40.1 Å². The molecule has 1 aliphatic carbocycles. The van der Waals surface area contributed by atoms with Crippen LogP contribution in [0.25, 0.3) is 0 Å². The smallest absolute Gasteiger partial charge is 0.193 e. The highest BCUT2D eigenvalue weighted by Gasteiger charge is 2.26. The molecular weight excluding hydrogens is 336 g/mol. The van der Waals surface area contributed by atoms with Gasteiger partial charge in [0.25, 0.3) is 0 Å². The number of benzene rings is 2. The molecule has 1 saturated heterocycles. The second-order valence-corrected chi connectivity index (χ2v) is 7.20. The third-order valence-corrected chi connectivity index (χ3v) is 5.70. The van der Waals surface area contributed by atoms with Crippen molar-refractivity contribution in [1.82, 2.24) is 10.2 Å². The molecule has 1 N–H and O–H groups in total. The van der Waals surface area contributed by atoms with Crippen LogP contribution in [0, 0.1) is 0 Å². The Balaban J connectivity index is 1.29. The van der Waals surface area contributed by atoms with Crippen molar-refractivity contribution in [1.29, 1.82) is 0 Å². The summed E-state index contributed by atoms with van der Waals surface area (Å²) in [6.45, 7) is 4.92. The predicted molar refractivity (Wildman–Crippen MR) is 111 cm³/mol. The van der Waals surface area contributed by atoms with Gasteiger partial charge in [0.05, 0.1) is 7.11 Å². The molecule has 27 heavy (non-hydrogen) atoms. The van der Waals surface area contributed by atoms with E-state index in [2.05, 4.69) is 56.5 Å². The lowest BCUT2D eigenvalue weighted by Gasteiger charge is -2.38. The van der Waals surface area contributed by atoms with Crippen LogP contribution < -0.4 is 15.0 Å². The first-order valence-electron chi connectivity index (χ1n) is 9.71. The lowest BCUT2D eigenvalue weighted by molar-refractivity contribution is 0.370. The highest BCUT2D eigenvalue weighted by atomic mass is 16.5. The normalized spacial score (nSPS) is 19.3. The Labute approximate surface area is 161 Å². The molecule has 142 valence electrons. The van der Waals surface area contributed by atoms with Crippen molar-refractivity contribution in [2.75, 3.05) is 51.8 Å². The highest BCUT2D eigenvalue weighted by Crippen LogP contribution is 2.34. The zero-order valence-electron chi connectivity index (χ0n) is 16.2. The number of methoxy groups -OCH3 is 1. The van der Waals surface area contributed by atoms with Crippen molar-refractivity contribution < 1.29 is 4.74 Å². The quantitative estimate of drug-likeness (QED) is 0.669. The summed E-state index contributed by atoms with van der Waals surface area (Å²) in [5.74, 6) is 2.53. The van der Waals surface area contributed by atoms with E-state index in [1.54, 1.807) is 7.11 Å². The van der Waals surface area contributed by atoms with Gasteiger partial charge in [-0.2, -0.15) is 0 Å². The van der Waals surface area contributed by atoms with E-state index in [9.17, 15) is 0 Å². The van der Waals surface area contributed by atoms with Crippen LogP contribution >= 0.6 is 0 Å². The Morgan fingerprint density at radius 1 is 1.07 bits per heavy atom. The second-order valence-electron chi connectivity index (χ2n) is 7.20. The molecule has 0 spiro atoms. The van der Waals surface area contributed by atoms with E-state index in [-0.39, 0.29) is 0 Å². The summed E-state index contributed by atoms with van der Waals surface area (Å²) in [7, 11) is 3.58. The SMILES string of the molecule is CN=C(NCC1Cc2ccccc21)N1CCN(c2ccc(OC)cc2)CC1. The highest BCUT2D eigenvalue weighted by molar-refractivity contribution is 5.80. The summed E-state index contributed by atoms with van der Waals surface area (Å²) in [6, 6.07) is 17.1. The van der Waals surface area contributed by atoms with Gasteiger partial charge in [-0.3, -0.25) is 4.99 Å². The number of hydrogen-bond donors (Lipinski definition) is 1. The van der Waals surface area contributed by atoms with E-state index < -0.39 is 0 Å². The van der Waals surface area contributed by atoms with Gasteiger partial charge in [-0.15, -0.1) is 0 Å². The largest absolute Gasteiger partial charge is 0.497 e. The first-order chi connectivity index (χ1) is 13.3. The number of ether oxygens (including phenoxy) is 1. The molecule has 0 bridgehead atoms. The molecule has 0 aromatic heterocycles. The third kappa shape index (κ3) is 3.72. The average molecular weight is 364 g/mol. The maximum atomic E-state index is 5.25. The lowest BCUT2D eigenvalue weighted by Crippen LogP contribution is -2.53. The standard InChI is InChI=1S/C22H28N4O/c1-23-22(24-16-18-15-17-5-3-4-6-21(17)18)26-13-11-25(12-14-26)19-7-9-20(27-2)10-8-19/h3-10,18H,11-16H2,1-2H3,(H,23,24). The third-order valence-electron chi connectivity index (χ3n) is 5.70. The van der Waals surface area contributed by atoms with Crippen molar-refractivity contribution in [2.45, 2.75) is 12.3 Å². The molecule has 0 radical (unpaired) electrons. The molecule has 1 heterocycles. The van der Waals surface area contributed by atoms with Crippen LogP contribution in [0.5, 0.6) is 5.75 Å². The molecule has 1 aliphatic heterocycles. The number of piperazine rings is 1. The van der Waals surface area contributed by atoms with Crippen LogP contribution in [0.1, 0.15) is 17.0 Å². The van der Waals surface area contributed by atoms with Gasteiger partial charge in [-0.05, 0) is 41.8 Å². The number of anilines is 1. The predicted octanol–water partition coefficient (Wildman–Crippen LogP) is 2.73. The fourth-order valence-corrected chi connectivity index (χ4v) is 4.06. The van der Waals surface area contributed by atoms with Crippen LogP contribution in [0.2, 0.25) is 0 Å². The number of nitrogens with zero attached hydrogens (tertiary/aromatic N) is 3. The number of guanidine groups is 1. The van der Waals surface area contributed by atoms with Gasteiger partial charge < -0.3 is 19.9 Å². The van der Waals surface area contributed by atoms with Gasteiger partial charge in [0.2, 0.25) is 0 Å². The first kappa shape index (κ1) is 17.7. The van der Waals surface area contributed by atoms with Gasteiger partial charge in [0.1, 0.15) is 5.75 Å². The van der Waals surface area contributed by atoms with Crippen molar-refractivity contribution >= 4 is 11.6 Å². The number of rotatable bonds is 4. The molecule has 0 saturated carbocycles. The van der Waals surface area contributed by atoms with E-state index in [0.29, 0.717) is 5.92 Å². The van der Waals surface area contributed by atoms with Crippen LogP contribution in [-0.4, -0.2) is 57.7 Å². The van der Waals surface area contributed by atoms with Gasteiger partial charge in [0.15, 0.2) is 5.96 Å². The molecule has 1 fully saturated rings. The van der Waals surface area contributed by atoms with Gasteiger partial charge in [-0.25, -0.2) is 0 Å². The molecule has 5 heteroatoms. The minimum Gasteiger partial charge on any atom is -0.497 e. The summed E-state index contributed by atoms with van der Waals surface area (Å²) in [6.07, 6.45) is 1.17. The van der Waals surface area contributed by atoms with E-state index in [0.717, 1.165) is 44.4 Å². The molecule has 1 unspecified atom stereocenters. The van der Waals surface area contributed by atoms with Gasteiger partial charge in [-0.1, -0.05) is 24.3 Å². The summed E-state index contributed by atoms with van der Waals surface area (Å²) in [4.78, 5) is 9.30. The summed E-state index contributed by atoms with van der Waals surface area (Å²) < 4.78 is 5.25. The van der Waals surface area contributed by atoms with Crippen LogP contribution in [-0.2, 0) is 6.42 Å². The van der Waals surface area contributed by atoms with Crippen molar-refractivity contribution in [2.24, 2.45) is 4.99 Å². The number of fused-ring (bicyclic) bond motifs is 1. The van der Waals surface area contributed by atoms with Crippen molar-refractivity contribution in [3.63, 3.8) is 0 Å². The monoisotopic (exact) mass is 364 g/mol. The number of nitrogens with one attached hydrogen (secondary N) is 1. The van der Waals surface area contributed by atoms with Crippen LogP contribution in [0.3, 0.4) is 0 Å². The van der Waals surface area contributed by atoms with E-state index in [1.165, 1.54) is 23.2 Å². The minimum absolute atomic E-state index is 0.610. The first-order valence-corrected chi connectivity index (χ1v) is 9.71. The molecule has 2 aromatic carbocycles. The average Bonchev–Trinajstić information content (AvgIpc) is 2.72. The molecule has 1 atom stereocenters. The summed E-state index contributed by atoms with van der Waals surface area (Å²) in [5.41, 5.74) is 4.24. The lowest BCUT2D eigenvalue weighted by atomic mass is 9.78. The molecule has 5 nitrogen and oxygen atoms in total. The van der Waals surface area contributed by atoms with Crippen molar-refractivity contribution in [3.8, 4) is 5.75 Å². The molecule has 4 rings (SSSR count). The van der Waals surface area contributed by atoms with Crippen molar-refractivity contribution in [3.05, 3.63) is 59.7 Å². The Kier molecular flexibility index (Phi) is 5.19. The van der Waals surface area contributed by atoms with E-state index in [1.807, 2.05) is 19.2 Å². The fraction of sp³-hybridized carbons (Fsp3) is 0.409. The number of aliphatic imine (C=N–C) groups is 1. The fourth-order valence-electron chi connectivity index (χ4n) is 4.06. The molecule has 2 aliphatic rings. The zero-order valence-corrected chi connectivity index (χ0v) is 16.2. The maximum absolute atomic E-state index is 5.25. The molecular formula is C22H28N4O. The summed E-state index contributed by atoms with van der Waals surface area (Å²) >= 11 is 0. The second kappa shape index (κ2) is 7.91. The molecule has 0 amide bonds. The number of hydrogen-bond acceptors (Lipinski definition) is 3. The maximum Gasteiger partial charge on any atom is 0.193 e. The molecule has 2 aromatic rings. The Morgan fingerprint density at radius 2 is 1.81 bits per heavy atom. The van der Waals surface area contributed by atoms with Gasteiger partial charge in [0, 0.05) is 51.4 Å². The van der Waals surface area contributed by atoms with E-state index in [4.69, 9.17) is 4.74 Å². The van der Waals surface area contributed by atoms with Crippen LogP contribution in [0.4, 0.5) is 5.69 Å². The minimum atomic E-state index is 0.610. The van der Waals surface area contributed by atoms with Gasteiger partial charge >= 0.3 is 0 Å². The Morgan fingerprint density at radius 3 is 2.48 bits per heavy atom.